The number of rotatable bonds is 4. The van der Waals surface area contributed by atoms with Gasteiger partial charge in [-0.1, -0.05) is 39.7 Å². The van der Waals surface area contributed by atoms with Gasteiger partial charge in [-0.3, -0.25) is 4.79 Å². The summed E-state index contributed by atoms with van der Waals surface area (Å²) >= 11 is 9.33. The number of fused-ring (bicyclic) bond motifs is 1. The van der Waals surface area contributed by atoms with Crippen LogP contribution in [0.2, 0.25) is 5.02 Å². The monoisotopic (exact) mass is 403 g/mol. The number of benzene rings is 3. The highest BCUT2D eigenvalue weighted by Crippen LogP contribution is 2.30. The summed E-state index contributed by atoms with van der Waals surface area (Å²) in [7, 11) is 1.61. The van der Waals surface area contributed by atoms with Crippen LogP contribution in [-0.2, 0) is 11.2 Å². The summed E-state index contributed by atoms with van der Waals surface area (Å²) in [5.41, 5.74) is 1.58. The smallest absolute Gasteiger partial charge is 0.228 e. The molecule has 0 unspecified atom stereocenters. The Balaban J connectivity index is 1.90. The summed E-state index contributed by atoms with van der Waals surface area (Å²) < 4.78 is 6.44. The van der Waals surface area contributed by atoms with Crippen LogP contribution in [-0.4, -0.2) is 13.0 Å². The van der Waals surface area contributed by atoms with E-state index in [-0.39, 0.29) is 12.3 Å². The van der Waals surface area contributed by atoms with E-state index in [1.54, 1.807) is 31.4 Å². The molecular weight excluding hydrogens is 390 g/mol. The molecule has 0 saturated carbocycles. The largest absolute Gasteiger partial charge is 0.496 e. The van der Waals surface area contributed by atoms with E-state index >= 15 is 0 Å². The molecule has 122 valence electrons. The highest BCUT2D eigenvalue weighted by atomic mass is 79.9. The molecule has 0 fully saturated rings. The summed E-state index contributed by atoms with van der Waals surface area (Å²) in [6.45, 7) is 0. The first-order chi connectivity index (χ1) is 11.6. The van der Waals surface area contributed by atoms with E-state index < -0.39 is 0 Å². The maximum absolute atomic E-state index is 12.4. The van der Waals surface area contributed by atoms with Crippen LogP contribution in [0.15, 0.2) is 59.1 Å². The Morgan fingerprint density at radius 3 is 2.58 bits per heavy atom. The predicted octanol–water partition coefficient (Wildman–Crippen LogP) is 5.45. The summed E-state index contributed by atoms with van der Waals surface area (Å²) in [6, 6.07) is 16.9. The average molecular weight is 405 g/mol. The van der Waals surface area contributed by atoms with E-state index in [1.807, 2.05) is 30.3 Å². The number of amides is 1. The van der Waals surface area contributed by atoms with Gasteiger partial charge >= 0.3 is 0 Å². The second-order valence-corrected chi connectivity index (χ2v) is 6.70. The zero-order chi connectivity index (χ0) is 17.1. The molecule has 3 aromatic rings. The summed E-state index contributed by atoms with van der Waals surface area (Å²) in [4.78, 5) is 12.4. The second-order valence-electron chi connectivity index (χ2n) is 5.34. The van der Waals surface area contributed by atoms with Crippen LogP contribution in [0.25, 0.3) is 10.8 Å². The highest BCUT2D eigenvalue weighted by Gasteiger charge is 2.13. The topological polar surface area (TPSA) is 38.3 Å². The van der Waals surface area contributed by atoms with Crippen molar-refractivity contribution in [2.45, 2.75) is 6.42 Å². The van der Waals surface area contributed by atoms with Crippen molar-refractivity contribution in [1.29, 1.82) is 0 Å². The molecule has 0 aliphatic carbocycles. The standard InChI is InChI=1S/C19H15BrClNO2/c1-24-18-9-2-12-10-13(20)3-8-16(12)17(18)11-19(23)22-15-6-4-14(21)5-7-15/h2-10H,11H2,1H3,(H,22,23). The molecule has 3 rings (SSSR count). The van der Waals surface area contributed by atoms with Gasteiger partial charge in [-0.15, -0.1) is 0 Å². The highest BCUT2D eigenvalue weighted by molar-refractivity contribution is 9.10. The van der Waals surface area contributed by atoms with Crippen LogP contribution < -0.4 is 10.1 Å². The van der Waals surface area contributed by atoms with Gasteiger partial charge in [0.05, 0.1) is 13.5 Å². The van der Waals surface area contributed by atoms with E-state index in [1.165, 1.54) is 0 Å². The molecule has 0 bridgehead atoms. The van der Waals surface area contributed by atoms with Gasteiger partial charge in [-0.05, 0) is 53.2 Å². The molecule has 0 aliphatic rings. The lowest BCUT2D eigenvalue weighted by Gasteiger charge is -2.13. The number of nitrogens with one attached hydrogen (secondary N) is 1. The number of carbonyl (C=O) groups excluding carboxylic acids is 1. The normalized spacial score (nSPS) is 10.6. The van der Waals surface area contributed by atoms with Crippen LogP contribution in [0.1, 0.15) is 5.56 Å². The number of ether oxygens (including phenoxy) is 1. The molecule has 5 heteroatoms. The van der Waals surface area contributed by atoms with Gasteiger partial charge in [-0.2, -0.15) is 0 Å². The lowest BCUT2D eigenvalue weighted by atomic mass is 10.0. The Morgan fingerprint density at radius 1 is 1.12 bits per heavy atom. The van der Waals surface area contributed by atoms with Crippen LogP contribution >= 0.6 is 27.5 Å². The number of carbonyl (C=O) groups is 1. The van der Waals surface area contributed by atoms with Crippen LogP contribution in [0.5, 0.6) is 5.75 Å². The SMILES string of the molecule is COc1ccc2cc(Br)ccc2c1CC(=O)Nc1ccc(Cl)cc1. The first-order valence-corrected chi connectivity index (χ1v) is 8.54. The van der Waals surface area contributed by atoms with Crippen molar-refractivity contribution in [2.75, 3.05) is 12.4 Å². The molecule has 0 heterocycles. The van der Waals surface area contributed by atoms with Crippen molar-refractivity contribution in [3.8, 4) is 5.75 Å². The third-order valence-electron chi connectivity index (χ3n) is 3.74. The third-order valence-corrected chi connectivity index (χ3v) is 4.48. The van der Waals surface area contributed by atoms with Gasteiger partial charge in [0, 0.05) is 20.7 Å². The summed E-state index contributed by atoms with van der Waals surface area (Å²) in [6.07, 6.45) is 0.227. The number of halogens is 2. The fourth-order valence-electron chi connectivity index (χ4n) is 2.62. The lowest BCUT2D eigenvalue weighted by molar-refractivity contribution is -0.115. The molecular formula is C19H15BrClNO2. The summed E-state index contributed by atoms with van der Waals surface area (Å²) in [5.74, 6) is 0.599. The number of anilines is 1. The van der Waals surface area contributed by atoms with Gasteiger partial charge in [0.25, 0.3) is 0 Å². The maximum Gasteiger partial charge on any atom is 0.228 e. The van der Waals surface area contributed by atoms with E-state index in [0.29, 0.717) is 16.5 Å². The molecule has 0 saturated heterocycles. The third kappa shape index (κ3) is 3.71. The quantitative estimate of drug-likeness (QED) is 0.628. The Morgan fingerprint density at radius 2 is 1.88 bits per heavy atom. The molecule has 0 aromatic heterocycles. The van der Waals surface area contributed by atoms with E-state index in [4.69, 9.17) is 16.3 Å². The second kappa shape index (κ2) is 7.24. The number of methoxy groups -OCH3 is 1. The van der Waals surface area contributed by atoms with Crippen LogP contribution in [0.4, 0.5) is 5.69 Å². The Kier molecular flexibility index (Phi) is 5.07. The van der Waals surface area contributed by atoms with Gasteiger partial charge in [-0.25, -0.2) is 0 Å². The van der Waals surface area contributed by atoms with E-state index in [9.17, 15) is 4.79 Å². The molecule has 3 aromatic carbocycles. The molecule has 1 N–H and O–H groups in total. The number of hydrogen-bond acceptors (Lipinski definition) is 2. The average Bonchev–Trinajstić information content (AvgIpc) is 2.57. The fraction of sp³-hybridized carbons (Fsp3) is 0.105. The van der Waals surface area contributed by atoms with Gasteiger partial charge < -0.3 is 10.1 Å². The van der Waals surface area contributed by atoms with E-state index in [2.05, 4.69) is 21.2 Å². The number of hydrogen-bond donors (Lipinski definition) is 1. The van der Waals surface area contributed by atoms with Crippen molar-refractivity contribution in [3.05, 3.63) is 69.7 Å². The first kappa shape index (κ1) is 16.8. The minimum absolute atomic E-state index is 0.106. The molecule has 3 nitrogen and oxygen atoms in total. The van der Waals surface area contributed by atoms with Crippen molar-refractivity contribution >= 4 is 49.9 Å². The van der Waals surface area contributed by atoms with Crippen LogP contribution in [0, 0.1) is 0 Å². The minimum atomic E-state index is -0.106. The van der Waals surface area contributed by atoms with Crippen molar-refractivity contribution in [3.63, 3.8) is 0 Å². The van der Waals surface area contributed by atoms with Crippen molar-refractivity contribution in [2.24, 2.45) is 0 Å². The first-order valence-electron chi connectivity index (χ1n) is 7.37. The Bertz CT molecular complexity index is 894. The molecule has 0 radical (unpaired) electrons. The summed E-state index contributed by atoms with van der Waals surface area (Å²) in [5, 5.41) is 5.57. The zero-order valence-electron chi connectivity index (χ0n) is 13.0. The van der Waals surface area contributed by atoms with Crippen LogP contribution in [0.3, 0.4) is 0 Å². The Labute approximate surface area is 153 Å². The molecule has 24 heavy (non-hydrogen) atoms. The van der Waals surface area contributed by atoms with Gasteiger partial charge in [0.2, 0.25) is 5.91 Å². The van der Waals surface area contributed by atoms with Crippen molar-refractivity contribution < 1.29 is 9.53 Å². The molecule has 0 spiro atoms. The molecule has 1 amide bonds. The zero-order valence-corrected chi connectivity index (χ0v) is 15.3. The Hall–Kier alpha value is -2.04. The predicted molar refractivity (Wildman–Crippen MR) is 102 cm³/mol. The molecule has 0 aliphatic heterocycles. The molecule has 0 atom stereocenters. The van der Waals surface area contributed by atoms with E-state index in [0.717, 1.165) is 20.8 Å². The maximum atomic E-state index is 12.4. The minimum Gasteiger partial charge on any atom is -0.496 e. The van der Waals surface area contributed by atoms with Gasteiger partial charge in [0.15, 0.2) is 0 Å². The fourth-order valence-corrected chi connectivity index (χ4v) is 3.12. The van der Waals surface area contributed by atoms with Gasteiger partial charge in [0.1, 0.15) is 5.75 Å². The van der Waals surface area contributed by atoms with Crippen molar-refractivity contribution in [1.82, 2.24) is 0 Å². The lowest BCUT2D eigenvalue weighted by Crippen LogP contribution is -2.15.